The number of aliphatic hydroxyl groups is 1. The molecule has 1 unspecified atom stereocenters. The summed E-state index contributed by atoms with van der Waals surface area (Å²) >= 11 is 0. The normalized spacial score (nSPS) is 12.5. The molecule has 1 heterocycles. The number of hydrogen-bond acceptors (Lipinski definition) is 3. The van der Waals surface area contributed by atoms with Gasteiger partial charge < -0.3 is 9.84 Å². The van der Waals surface area contributed by atoms with Gasteiger partial charge in [-0.3, -0.25) is 9.13 Å². The van der Waals surface area contributed by atoms with E-state index in [4.69, 9.17) is 4.74 Å². The van der Waals surface area contributed by atoms with Gasteiger partial charge in [-0.15, -0.1) is 0 Å². The Hall–Kier alpha value is -2.53. The fourth-order valence-electron chi connectivity index (χ4n) is 2.95. The zero-order chi connectivity index (χ0) is 17.3. The van der Waals surface area contributed by atoms with Gasteiger partial charge in [0.2, 0.25) is 0 Å². The van der Waals surface area contributed by atoms with Crippen molar-refractivity contribution in [3.63, 3.8) is 0 Å². The average molecular weight is 326 g/mol. The summed E-state index contributed by atoms with van der Waals surface area (Å²) in [7, 11) is 1.74. The molecule has 2 aromatic carbocycles. The van der Waals surface area contributed by atoms with Crippen molar-refractivity contribution in [2.75, 3.05) is 6.61 Å². The Labute approximate surface area is 140 Å². The highest BCUT2D eigenvalue weighted by Crippen LogP contribution is 2.19. The van der Waals surface area contributed by atoms with Gasteiger partial charge in [-0.25, -0.2) is 4.79 Å². The molecule has 5 heteroatoms. The standard InChI is InChI=1S/C19H22N2O3/c1-13-8-9-18(14(2)10-13)24-12-15(22)11-21-17-7-5-4-6-16(17)20(3)19(21)23/h4-10,15,22H,11-12H2,1-3H3. The van der Waals surface area contributed by atoms with E-state index in [1.807, 2.05) is 56.3 Å². The van der Waals surface area contributed by atoms with Gasteiger partial charge in [0, 0.05) is 7.05 Å². The molecule has 0 saturated carbocycles. The van der Waals surface area contributed by atoms with Gasteiger partial charge >= 0.3 is 5.69 Å². The molecule has 0 amide bonds. The van der Waals surface area contributed by atoms with Gasteiger partial charge in [0.05, 0.1) is 17.6 Å². The topological polar surface area (TPSA) is 56.4 Å². The van der Waals surface area contributed by atoms with E-state index < -0.39 is 6.10 Å². The summed E-state index contributed by atoms with van der Waals surface area (Å²) in [6.45, 7) is 4.34. The predicted molar refractivity (Wildman–Crippen MR) is 94.6 cm³/mol. The molecule has 1 N–H and O–H groups in total. The van der Waals surface area contributed by atoms with Gasteiger partial charge in [0.15, 0.2) is 0 Å². The second-order valence-electron chi connectivity index (χ2n) is 6.17. The second kappa shape index (κ2) is 6.53. The van der Waals surface area contributed by atoms with Crippen LogP contribution in [0.25, 0.3) is 11.0 Å². The lowest BCUT2D eigenvalue weighted by atomic mass is 10.1. The van der Waals surface area contributed by atoms with E-state index in [0.29, 0.717) is 0 Å². The number of para-hydroxylation sites is 2. The van der Waals surface area contributed by atoms with Crippen LogP contribution in [0.5, 0.6) is 5.75 Å². The van der Waals surface area contributed by atoms with Gasteiger partial charge in [0.1, 0.15) is 18.5 Å². The van der Waals surface area contributed by atoms with E-state index in [1.54, 1.807) is 16.2 Å². The van der Waals surface area contributed by atoms with E-state index in [2.05, 4.69) is 0 Å². The molecule has 24 heavy (non-hydrogen) atoms. The zero-order valence-electron chi connectivity index (χ0n) is 14.2. The molecule has 126 valence electrons. The van der Waals surface area contributed by atoms with Crippen molar-refractivity contribution >= 4 is 11.0 Å². The summed E-state index contributed by atoms with van der Waals surface area (Å²) in [6.07, 6.45) is -0.769. The lowest BCUT2D eigenvalue weighted by Gasteiger charge is -2.15. The summed E-state index contributed by atoms with van der Waals surface area (Å²) < 4.78 is 8.89. The minimum Gasteiger partial charge on any atom is -0.491 e. The lowest BCUT2D eigenvalue weighted by Crippen LogP contribution is -2.30. The van der Waals surface area contributed by atoms with Crippen LogP contribution in [0.2, 0.25) is 0 Å². The Morgan fingerprint density at radius 2 is 1.83 bits per heavy atom. The lowest BCUT2D eigenvalue weighted by molar-refractivity contribution is 0.0922. The highest BCUT2D eigenvalue weighted by Gasteiger charge is 2.14. The van der Waals surface area contributed by atoms with Gasteiger partial charge in [-0.2, -0.15) is 0 Å². The molecule has 0 aliphatic carbocycles. The second-order valence-corrected chi connectivity index (χ2v) is 6.17. The van der Waals surface area contributed by atoms with Crippen LogP contribution in [-0.4, -0.2) is 27.0 Å². The summed E-state index contributed by atoms with van der Waals surface area (Å²) in [5, 5.41) is 10.3. The van der Waals surface area contributed by atoms with E-state index in [9.17, 15) is 9.90 Å². The third-order valence-electron chi connectivity index (χ3n) is 4.21. The van der Waals surface area contributed by atoms with Crippen molar-refractivity contribution in [1.82, 2.24) is 9.13 Å². The Balaban J connectivity index is 1.75. The molecular weight excluding hydrogens is 304 g/mol. The molecule has 0 aliphatic heterocycles. The predicted octanol–water partition coefficient (Wildman–Crippen LogP) is 2.40. The molecule has 3 aromatic rings. The van der Waals surface area contributed by atoms with Crippen molar-refractivity contribution in [2.45, 2.75) is 26.5 Å². The van der Waals surface area contributed by atoms with Gasteiger partial charge in [-0.05, 0) is 37.6 Å². The summed E-state index contributed by atoms with van der Waals surface area (Å²) in [4.78, 5) is 12.4. The molecule has 3 rings (SSSR count). The number of imidazole rings is 1. The van der Waals surface area contributed by atoms with Crippen LogP contribution >= 0.6 is 0 Å². The number of aryl methyl sites for hydroxylation is 3. The van der Waals surface area contributed by atoms with Crippen molar-refractivity contribution < 1.29 is 9.84 Å². The largest absolute Gasteiger partial charge is 0.491 e. The number of aromatic nitrogens is 2. The average Bonchev–Trinajstić information content (AvgIpc) is 2.79. The minimum absolute atomic E-state index is 0.137. The highest BCUT2D eigenvalue weighted by molar-refractivity contribution is 5.75. The number of hydrogen-bond donors (Lipinski definition) is 1. The molecule has 0 bridgehead atoms. The summed E-state index contributed by atoms with van der Waals surface area (Å²) in [5.74, 6) is 0.755. The van der Waals surface area contributed by atoms with Crippen molar-refractivity contribution in [3.05, 3.63) is 64.1 Å². The number of benzene rings is 2. The molecule has 0 spiro atoms. The third kappa shape index (κ3) is 3.08. The Kier molecular flexibility index (Phi) is 4.44. The van der Waals surface area contributed by atoms with Crippen molar-refractivity contribution in [3.8, 4) is 5.75 Å². The number of rotatable bonds is 5. The Morgan fingerprint density at radius 3 is 2.54 bits per heavy atom. The smallest absolute Gasteiger partial charge is 0.328 e. The maximum atomic E-state index is 12.4. The molecule has 0 radical (unpaired) electrons. The Bertz CT molecular complexity index is 924. The molecule has 0 aliphatic rings. The summed E-state index contributed by atoms with van der Waals surface area (Å²) in [5.41, 5.74) is 3.73. The SMILES string of the molecule is Cc1ccc(OCC(O)Cn2c(=O)n(C)c3ccccc32)c(C)c1. The van der Waals surface area contributed by atoms with Crippen LogP contribution in [0.15, 0.2) is 47.3 Å². The molecular formula is C19H22N2O3. The monoisotopic (exact) mass is 326 g/mol. The highest BCUT2D eigenvalue weighted by atomic mass is 16.5. The van der Waals surface area contributed by atoms with Crippen LogP contribution in [0.3, 0.4) is 0 Å². The van der Waals surface area contributed by atoms with E-state index in [0.717, 1.165) is 22.3 Å². The first-order valence-electron chi connectivity index (χ1n) is 7.99. The maximum Gasteiger partial charge on any atom is 0.328 e. The fourth-order valence-corrected chi connectivity index (χ4v) is 2.95. The minimum atomic E-state index is -0.769. The van der Waals surface area contributed by atoms with Gasteiger partial charge in [0.25, 0.3) is 0 Å². The van der Waals surface area contributed by atoms with E-state index >= 15 is 0 Å². The van der Waals surface area contributed by atoms with E-state index in [1.165, 1.54) is 5.56 Å². The van der Waals surface area contributed by atoms with E-state index in [-0.39, 0.29) is 18.8 Å². The molecule has 0 fully saturated rings. The number of nitrogens with zero attached hydrogens (tertiary/aromatic N) is 2. The van der Waals surface area contributed by atoms with Crippen molar-refractivity contribution in [1.29, 1.82) is 0 Å². The summed E-state index contributed by atoms with van der Waals surface area (Å²) in [6, 6.07) is 13.5. The quantitative estimate of drug-likeness (QED) is 0.783. The molecule has 5 nitrogen and oxygen atoms in total. The molecule has 1 aromatic heterocycles. The molecule has 0 saturated heterocycles. The van der Waals surface area contributed by atoms with Crippen LogP contribution in [0.1, 0.15) is 11.1 Å². The number of ether oxygens (including phenoxy) is 1. The first-order valence-corrected chi connectivity index (χ1v) is 7.99. The first-order chi connectivity index (χ1) is 11.5. The van der Waals surface area contributed by atoms with Gasteiger partial charge in [-0.1, -0.05) is 29.8 Å². The number of fused-ring (bicyclic) bond motifs is 1. The van der Waals surface area contributed by atoms with Crippen molar-refractivity contribution in [2.24, 2.45) is 7.05 Å². The van der Waals surface area contributed by atoms with Crippen LogP contribution in [0, 0.1) is 13.8 Å². The first kappa shape index (κ1) is 16.3. The van der Waals surface area contributed by atoms with Crippen LogP contribution in [-0.2, 0) is 13.6 Å². The van der Waals surface area contributed by atoms with Crippen LogP contribution < -0.4 is 10.4 Å². The third-order valence-corrected chi connectivity index (χ3v) is 4.21. The fraction of sp³-hybridized carbons (Fsp3) is 0.316. The van der Waals surface area contributed by atoms with Crippen LogP contribution in [0.4, 0.5) is 0 Å². The molecule has 1 atom stereocenters. The maximum absolute atomic E-state index is 12.4. The Morgan fingerprint density at radius 1 is 1.12 bits per heavy atom. The zero-order valence-corrected chi connectivity index (χ0v) is 14.2. The number of aliphatic hydroxyl groups excluding tert-OH is 1.